The monoisotopic (exact) mass is 257 g/mol. The van der Waals surface area contributed by atoms with Crippen LogP contribution in [0.15, 0.2) is 6.20 Å². The lowest BCUT2D eigenvalue weighted by Gasteiger charge is -2.42. The van der Waals surface area contributed by atoms with Gasteiger partial charge in [0.1, 0.15) is 0 Å². The van der Waals surface area contributed by atoms with Gasteiger partial charge < -0.3 is 10.5 Å². The molecule has 1 fully saturated rings. The van der Waals surface area contributed by atoms with Crippen molar-refractivity contribution in [3.8, 4) is 0 Å². The van der Waals surface area contributed by atoms with Crippen LogP contribution < -0.4 is 5.73 Å². The minimum Gasteiger partial charge on any atom is -0.378 e. The summed E-state index contributed by atoms with van der Waals surface area (Å²) >= 11 is 6.15. The Balaban J connectivity index is 2.13. The van der Waals surface area contributed by atoms with E-state index in [-0.39, 0.29) is 11.6 Å². The van der Waals surface area contributed by atoms with Gasteiger partial charge in [-0.3, -0.25) is 4.68 Å². The molecule has 1 aliphatic rings. The van der Waals surface area contributed by atoms with Gasteiger partial charge in [-0.25, -0.2) is 0 Å². The highest BCUT2D eigenvalue weighted by Gasteiger charge is 2.39. The highest BCUT2D eigenvalue weighted by Crippen LogP contribution is 2.41. The Kier molecular flexibility index (Phi) is 3.76. The second-order valence-electron chi connectivity index (χ2n) is 4.74. The molecule has 1 unspecified atom stereocenters. The van der Waals surface area contributed by atoms with Crippen molar-refractivity contribution in [2.45, 2.75) is 50.8 Å². The number of rotatable bonds is 5. The SMILES string of the molecule is CCn1ncc(Cl)c1C(N)CC1(OC)CCC1. The lowest BCUT2D eigenvalue weighted by Crippen LogP contribution is -2.42. The molecule has 1 heterocycles. The van der Waals surface area contributed by atoms with Crippen molar-refractivity contribution >= 4 is 11.6 Å². The molecule has 1 aromatic heterocycles. The zero-order valence-electron chi connectivity index (χ0n) is 10.4. The summed E-state index contributed by atoms with van der Waals surface area (Å²) in [5, 5.41) is 4.88. The first kappa shape index (κ1) is 12.9. The fraction of sp³-hybridized carbons (Fsp3) is 0.750. The highest BCUT2D eigenvalue weighted by atomic mass is 35.5. The van der Waals surface area contributed by atoms with Gasteiger partial charge in [0.25, 0.3) is 0 Å². The maximum Gasteiger partial charge on any atom is 0.0834 e. The van der Waals surface area contributed by atoms with E-state index in [4.69, 9.17) is 22.1 Å². The van der Waals surface area contributed by atoms with Crippen LogP contribution in [0.1, 0.15) is 44.3 Å². The van der Waals surface area contributed by atoms with Crippen molar-refractivity contribution in [3.63, 3.8) is 0 Å². The summed E-state index contributed by atoms with van der Waals surface area (Å²) in [5.74, 6) is 0. The molecule has 17 heavy (non-hydrogen) atoms. The molecule has 2 N–H and O–H groups in total. The molecular formula is C12H20ClN3O. The van der Waals surface area contributed by atoms with E-state index in [1.807, 2.05) is 11.6 Å². The third-order valence-corrected chi connectivity index (χ3v) is 4.06. The minimum absolute atomic E-state index is 0.0361. The molecule has 0 amide bonds. The number of halogens is 1. The molecule has 0 aliphatic heterocycles. The van der Waals surface area contributed by atoms with Gasteiger partial charge in [-0.05, 0) is 32.6 Å². The molecule has 5 heteroatoms. The number of nitrogens with two attached hydrogens (primary N) is 1. The summed E-state index contributed by atoms with van der Waals surface area (Å²) < 4.78 is 7.47. The predicted octanol–water partition coefficient (Wildman–Crippen LogP) is 2.52. The Morgan fingerprint density at radius 3 is 2.82 bits per heavy atom. The number of nitrogens with zero attached hydrogens (tertiary/aromatic N) is 2. The summed E-state index contributed by atoms with van der Waals surface area (Å²) in [5.41, 5.74) is 7.15. The van der Waals surface area contributed by atoms with E-state index in [2.05, 4.69) is 5.10 Å². The molecule has 1 aliphatic carbocycles. The quantitative estimate of drug-likeness (QED) is 0.882. The fourth-order valence-electron chi connectivity index (χ4n) is 2.55. The van der Waals surface area contributed by atoms with Crippen molar-refractivity contribution in [1.82, 2.24) is 9.78 Å². The molecule has 4 nitrogen and oxygen atoms in total. The average molecular weight is 258 g/mol. The Morgan fingerprint density at radius 1 is 1.65 bits per heavy atom. The molecule has 0 radical (unpaired) electrons. The fourth-order valence-corrected chi connectivity index (χ4v) is 2.83. The molecule has 0 saturated heterocycles. The maximum absolute atomic E-state index is 6.26. The van der Waals surface area contributed by atoms with Crippen LogP contribution in [-0.4, -0.2) is 22.5 Å². The second kappa shape index (κ2) is 4.96. The lowest BCUT2D eigenvalue weighted by atomic mass is 9.75. The van der Waals surface area contributed by atoms with Gasteiger partial charge in [-0.2, -0.15) is 5.10 Å². The van der Waals surface area contributed by atoms with E-state index in [0.717, 1.165) is 31.5 Å². The zero-order chi connectivity index (χ0) is 12.5. The van der Waals surface area contributed by atoms with Crippen molar-refractivity contribution in [2.24, 2.45) is 5.73 Å². The van der Waals surface area contributed by atoms with Gasteiger partial charge >= 0.3 is 0 Å². The number of methoxy groups -OCH3 is 1. The predicted molar refractivity (Wildman–Crippen MR) is 68.0 cm³/mol. The van der Waals surface area contributed by atoms with Crippen molar-refractivity contribution in [1.29, 1.82) is 0 Å². The first-order valence-electron chi connectivity index (χ1n) is 6.14. The van der Waals surface area contributed by atoms with Crippen LogP contribution in [-0.2, 0) is 11.3 Å². The average Bonchev–Trinajstić information content (AvgIpc) is 2.64. The van der Waals surface area contributed by atoms with E-state index >= 15 is 0 Å². The molecule has 1 aromatic rings. The van der Waals surface area contributed by atoms with Crippen LogP contribution in [0.4, 0.5) is 0 Å². The Labute approximate surface area is 107 Å². The molecule has 1 saturated carbocycles. The Hall–Kier alpha value is -0.580. The molecule has 0 spiro atoms. The van der Waals surface area contributed by atoms with E-state index in [1.165, 1.54) is 6.42 Å². The van der Waals surface area contributed by atoms with Crippen molar-refractivity contribution in [2.75, 3.05) is 7.11 Å². The van der Waals surface area contributed by atoms with Crippen LogP contribution in [0.2, 0.25) is 5.02 Å². The lowest BCUT2D eigenvalue weighted by molar-refractivity contribution is -0.0820. The summed E-state index contributed by atoms with van der Waals surface area (Å²) in [6.45, 7) is 2.82. The number of hydrogen-bond acceptors (Lipinski definition) is 3. The topological polar surface area (TPSA) is 53.1 Å². The normalized spacial score (nSPS) is 20.0. The third kappa shape index (κ3) is 2.34. The zero-order valence-corrected chi connectivity index (χ0v) is 11.2. The van der Waals surface area contributed by atoms with Gasteiger partial charge in [0.2, 0.25) is 0 Å². The number of aromatic nitrogens is 2. The molecule has 1 atom stereocenters. The highest BCUT2D eigenvalue weighted by molar-refractivity contribution is 6.31. The number of aryl methyl sites for hydroxylation is 1. The second-order valence-corrected chi connectivity index (χ2v) is 5.15. The standard InChI is InChI=1S/C12H20ClN3O/c1-3-16-11(9(13)8-15-16)10(14)7-12(17-2)5-4-6-12/h8,10H,3-7,14H2,1-2H3. The first-order valence-corrected chi connectivity index (χ1v) is 6.51. The third-order valence-electron chi connectivity index (χ3n) is 3.77. The van der Waals surface area contributed by atoms with E-state index in [0.29, 0.717) is 5.02 Å². The maximum atomic E-state index is 6.26. The van der Waals surface area contributed by atoms with Gasteiger partial charge in [0.05, 0.1) is 28.6 Å². The molecule has 2 rings (SSSR count). The van der Waals surface area contributed by atoms with Crippen molar-refractivity contribution in [3.05, 3.63) is 16.9 Å². The van der Waals surface area contributed by atoms with Crippen molar-refractivity contribution < 1.29 is 4.74 Å². The van der Waals surface area contributed by atoms with Crippen LogP contribution in [0, 0.1) is 0 Å². The molecule has 0 aromatic carbocycles. The van der Waals surface area contributed by atoms with Crippen LogP contribution in [0.3, 0.4) is 0 Å². The van der Waals surface area contributed by atoms with Gasteiger partial charge in [-0.15, -0.1) is 0 Å². The van der Waals surface area contributed by atoms with Crippen LogP contribution in [0.25, 0.3) is 0 Å². The summed E-state index contributed by atoms with van der Waals surface area (Å²) in [6.07, 6.45) is 5.89. The Bertz CT molecular complexity index is 382. The van der Waals surface area contributed by atoms with E-state index in [9.17, 15) is 0 Å². The smallest absolute Gasteiger partial charge is 0.0834 e. The van der Waals surface area contributed by atoms with Crippen LogP contribution in [0.5, 0.6) is 0 Å². The van der Waals surface area contributed by atoms with E-state index in [1.54, 1.807) is 13.3 Å². The largest absolute Gasteiger partial charge is 0.378 e. The van der Waals surface area contributed by atoms with Crippen LogP contribution >= 0.6 is 11.6 Å². The number of ether oxygens (including phenoxy) is 1. The minimum atomic E-state index is -0.106. The van der Waals surface area contributed by atoms with Gasteiger partial charge in [-0.1, -0.05) is 11.6 Å². The molecule has 96 valence electrons. The molecule has 0 bridgehead atoms. The summed E-state index contributed by atoms with van der Waals surface area (Å²) in [6, 6.07) is -0.106. The number of hydrogen-bond donors (Lipinski definition) is 1. The van der Waals surface area contributed by atoms with Gasteiger partial charge in [0.15, 0.2) is 0 Å². The Morgan fingerprint density at radius 2 is 2.35 bits per heavy atom. The molecular weight excluding hydrogens is 238 g/mol. The van der Waals surface area contributed by atoms with E-state index < -0.39 is 0 Å². The first-order chi connectivity index (χ1) is 8.12. The summed E-state index contributed by atoms with van der Waals surface area (Å²) in [7, 11) is 1.77. The summed E-state index contributed by atoms with van der Waals surface area (Å²) in [4.78, 5) is 0. The van der Waals surface area contributed by atoms with Gasteiger partial charge in [0, 0.05) is 13.7 Å².